The van der Waals surface area contributed by atoms with Crippen LogP contribution in [0.15, 0.2) is 53.9 Å². The molecule has 0 atom stereocenters. The molecule has 0 aliphatic carbocycles. The van der Waals surface area contributed by atoms with Crippen LogP contribution in [0.2, 0.25) is 0 Å². The van der Waals surface area contributed by atoms with E-state index in [9.17, 15) is 4.79 Å². The molecule has 23 heavy (non-hydrogen) atoms. The second-order valence-corrected chi connectivity index (χ2v) is 4.75. The van der Waals surface area contributed by atoms with E-state index >= 15 is 0 Å². The Balaban J connectivity index is 1.82. The largest absolute Gasteiger partial charge is 0.494 e. The van der Waals surface area contributed by atoms with Gasteiger partial charge in [0.05, 0.1) is 12.8 Å². The van der Waals surface area contributed by atoms with E-state index in [1.807, 2.05) is 6.07 Å². The number of amides is 1. The molecule has 1 aromatic carbocycles. The number of pyridine rings is 1. The minimum atomic E-state index is -0.671. The van der Waals surface area contributed by atoms with E-state index in [2.05, 4.69) is 22.4 Å². The predicted molar refractivity (Wildman–Crippen MR) is 88.8 cm³/mol. The van der Waals surface area contributed by atoms with E-state index in [1.54, 1.807) is 42.7 Å². The molecule has 0 saturated heterocycles. The van der Waals surface area contributed by atoms with Crippen molar-refractivity contribution in [3.05, 3.63) is 54.4 Å². The van der Waals surface area contributed by atoms with Crippen LogP contribution in [0.1, 0.15) is 25.3 Å². The highest BCUT2D eigenvalue weighted by Crippen LogP contribution is 2.17. The number of aromatic nitrogens is 1. The van der Waals surface area contributed by atoms with Crippen molar-refractivity contribution in [1.29, 1.82) is 0 Å². The first-order valence-electron chi connectivity index (χ1n) is 7.42. The summed E-state index contributed by atoms with van der Waals surface area (Å²) in [5.41, 5.74) is 1.33. The number of anilines is 1. The Morgan fingerprint density at radius 3 is 3.04 bits per heavy atom. The predicted octanol–water partition coefficient (Wildman–Crippen LogP) is 3.84. The fraction of sp³-hybridized carbons (Fsp3) is 0.235. The third kappa shape index (κ3) is 6.17. The molecular weight excluding hydrogens is 294 g/mol. The number of nitrogens with zero attached hydrogens (tertiary/aromatic N) is 2. The zero-order chi connectivity index (χ0) is 16.3. The van der Waals surface area contributed by atoms with Gasteiger partial charge in [0.15, 0.2) is 0 Å². The van der Waals surface area contributed by atoms with E-state index in [0.29, 0.717) is 18.0 Å². The summed E-state index contributed by atoms with van der Waals surface area (Å²) in [6.07, 6.45) is 6.07. The van der Waals surface area contributed by atoms with Gasteiger partial charge in [-0.05, 0) is 24.6 Å². The lowest BCUT2D eigenvalue weighted by Crippen LogP contribution is -2.11. The summed E-state index contributed by atoms with van der Waals surface area (Å²) in [6.45, 7) is 2.75. The molecule has 1 N–H and O–H groups in total. The Morgan fingerprint density at radius 2 is 2.26 bits per heavy atom. The van der Waals surface area contributed by atoms with Crippen LogP contribution in [0.3, 0.4) is 0 Å². The highest BCUT2D eigenvalue weighted by atomic mass is 16.7. The van der Waals surface area contributed by atoms with Gasteiger partial charge >= 0.3 is 6.09 Å². The maximum absolute atomic E-state index is 11.7. The van der Waals surface area contributed by atoms with Crippen molar-refractivity contribution in [2.45, 2.75) is 19.8 Å². The first kappa shape index (κ1) is 16.5. The summed E-state index contributed by atoms with van der Waals surface area (Å²) in [6, 6.07) is 10.7. The minimum Gasteiger partial charge on any atom is -0.494 e. The third-order valence-corrected chi connectivity index (χ3v) is 2.87. The molecule has 0 unspecified atom stereocenters. The van der Waals surface area contributed by atoms with Crippen molar-refractivity contribution in [1.82, 2.24) is 4.98 Å². The fourth-order valence-electron chi connectivity index (χ4n) is 1.73. The molecule has 0 aliphatic rings. The van der Waals surface area contributed by atoms with Gasteiger partial charge in [0.25, 0.3) is 0 Å². The van der Waals surface area contributed by atoms with Crippen molar-refractivity contribution < 1.29 is 14.4 Å². The Bertz CT molecular complexity index is 645. The highest BCUT2D eigenvalue weighted by molar-refractivity contribution is 5.86. The number of rotatable bonds is 7. The molecule has 0 radical (unpaired) electrons. The first-order valence-corrected chi connectivity index (χ1v) is 7.42. The van der Waals surface area contributed by atoms with Gasteiger partial charge < -0.3 is 4.74 Å². The molecule has 0 aliphatic heterocycles. The van der Waals surface area contributed by atoms with Gasteiger partial charge in [-0.1, -0.05) is 30.6 Å². The van der Waals surface area contributed by atoms with Gasteiger partial charge in [0.2, 0.25) is 0 Å². The quantitative estimate of drug-likeness (QED) is 0.365. The molecule has 0 saturated carbocycles. The van der Waals surface area contributed by atoms with Crippen LogP contribution in [0.5, 0.6) is 5.75 Å². The van der Waals surface area contributed by atoms with Crippen molar-refractivity contribution in [3.63, 3.8) is 0 Å². The van der Waals surface area contributed by atoms with E-state index in [4.69, 9.17) is 9.57 Å². The fourth-order valence-corrected chi connectivity index (χ4v) is 1.73. The average Bonchev–Trinajstić information content (AvgIpc) is 2.56. The lowest BCUT2D eigenvalue weighted by molar-refractivity contribution is 0.167. The lowest BCUT2D eigenvalue weighted by atomic mass is 10.3. The van der Waals surface area contributed by atoms with Crippen LogP contribution in [-0.2, 0) is 4.84 Å². The van der Waals surface area contributed by atoms with Gasteiger partial charge in [0, 0.05) is 29.7 Å². The number of unbranched alkanes of at least 4 members (excludes halogenated alkanes) is 1. The van der Waals surface area contributed by atoms with E-state index in [0.717, 1.165) is 18.4 Å². The molecule has 2 aromatic rings. The van der Waals surface area contributed by atoms with Crippen LogP contribution in [-0.4, -0.2) is 23.9 Å². The molecule has 0 fully saturated rings. The number of carbonyl (C=O) groups excluding carboxylic acids is 1. The summed E-state index contributed by atoms with van der Waals surface area (Å²) in [4.78, 5) is 20.3. The molecule has 0 bridgehead atoms. The molecule has 6 heteroatoms. The molecule has 6 nitrogen and oxygen atoms in total. The smallest absolute Gasteiger partial charge is 0.437 e. The number of oxime groups is 1. The summed E-state index contributed by atoms with van der Waals surface area (Å²) < 4.78 is 5.58. The topological polar surface area (TPSA) is 72.8 Å². The zero-order valence-electron chi connectivity index (χ0n) is 12.9. The molecule has 1 aromatic heterocycles. The number of benzene rings is 1. The van der Waals surface area contributed by atoms with E-state index in [-0.39, 0.29) is 0 Å². The molecule has 1 amide bonds. The standard InChI is InChI=1S/C17H19N3O3/c1-2-3-10-22-16-8-4-7-15(11-16)20-17(21)23-19-13-14-6-5-9-18-12-14/h4-9,11-13H,2-3,10H2,1H3,(H,20,21)/b19-13+. The van der Waals surface area contributed by atoms with Gasteiger partial charge in [-0.3, -0.25) is 15.1 Å². The molecule has 120 valence electrons. The van der Waals surface area contributed by atoms with Crippen molar-refractivity contribution in [2.75, 3.05) is 11.9 Å². The number of carbonyl (C=O) groups is 1. The summed E-state index contributed by atoms with van der Waals surface area (Å²) in [5, 5.41) is 6.20. The summed E-state index contributed by atoms with van der Waals surface area (Å²) in [5.74, 6) is 0.704. The number of ether oxygens (including phenoxy) is 1. The van der Waals surface area contributed by atoms with E-state index in [1.165, 1.54) is 6.21 Å². The third-order valence-electron chi connectivity index (χ3n) is 2.87. The molecule has 2 rings (SSSR count). The second-order valence-electron chi connectivity index (χ2n) is 4.75. The number of nitrogens with one attached hydrogen (secondary N) is 1. The monoisotopic (exact) mass is 313 g/mol. The lowest BCUT2D eigenvalue weighted by Gasteiger charge is -2.07. The Labute approximate surface area is 135 Å². The average molecular weight is 313 g/mol. The maximum Gasteiger partial charge on any atom is 0.437 e. The zero-order valence-corrected chi connectivity index (χ0v) is 12.9. The Morgan fingerprint density at radius 1 is 1.35 bits per heavy atom. The van der Waals surface area contributed by atoms with E-state index < -0.39 is 6.09 Å². The van der Waals surface area contributed by atoms with Crippen molar-refractivity contribution in [3.8, 4) is 5.75 Å². The van der Waals surface area contributed by atoms with Gasteiger partial charge in [-0.2, -0.15) is 0 Å². The van der Waals surface area contributed by atoms with Gasteiger partial charge in [-0.15, -0.1) is 0 Å². The Hall–Kier alpha value is -2.89. The van der Waals surface area contributed by atoms with Crippen LogP contribution in [0, 0.1) is 0 Å². The summed E-state index contributed by atoms with van der Waals surface area (Å²) in [7, 11) is 0. The molecular formula is C17H19N3O3. The SMILES string of the molecule is CCCCOc1cccc(NC(=O)O/N=C/c2cccnc2)c1. The van der Waals surface area contributed by atoms with Gasteiger partial charge in [-0.25, -0.2) is 4.79 Å². The highest BCUT2D eigenvalue weighted by Gasteiger charge is 2.04. The van der Waals surface area contributed by atoms with Crippen LogP contribution >= 0.6 is 0 Å². The number of hydrogen-bond donors (Lipinski definition) is 1. The van der Waals surface area contributed by atoms with Crippen molar-refractivity contribution >= 4 is 18.0 Å². The Kier molecular flexibility index (Phi) is 6.59. The molecule has 0 spiro atoms. The number of hydrogen-bond acceptors (Lipinski definition) is 5. The van der Waals surface area contributed by atoms with Crippen LogP contribution in [0.4, 0.5) is 10.5 Å². The van der Waals surface area contributed by atoms with Crippen molar-refractivity contribution in [2.24, 2.45) is 5.16 Å². The maximum atomic E-state index is 11.7. The van der Waals surface area contributed by atoms with Crippen LogP contribution < -0.4 is 10.1 Å². The second kappa shape index (κ2) is 9.19. The summed E-state index contributed by atoms with van der Waals surface area (Å²) >= 11 is 0. The van der Waals surface area contributed by atoms with Gasteiger partial charge in [0.1, 0.15) is 5.75 Å². The molecule has 1 heterocycles. The normalized spacial score (nSPS) is 10.5. The minimum absolute atomic E-state index is 0.584. The van der Waals surface area contributed by atoms with Crippen LogP contribution in [0.25, 0.3) is 0 Å². The first-order chi connectivity index (χ1) is 11.3.